The zero-order chi connectivity index (χ0) is 21.8. The molecule has 1 amide bonds. The van der Waals surface area contributed by atoms with Gasteiger partial charge in [0.1, 0.15) is 10.7 Å². The van der Waals surface area contributed by atoms with Crippen molar-refractivity contribution in [3.8, 4) is 5.13 Å². The van der Waals surface area contributed by atoms with E-state index in [1.807, 2.05) is 12.1 Å². The molecule has 31 heavy (non-hydrogen) atoms. The first kappa shape index (κ1) is 20.7. The van der Waals surface area contributed by atoms with Gasteiger partial charge in [-0.2, -0.15) is 0 Å². The minimum Gasteiger partial charge on any atom is -0.347 e. The van der Waals surface area contributed by atoms with E-state index in [1.54, 1.807) is 48.4 Å². The summed E-state index contributed by atoms with van der Waals surface area (Å²) >= 11 is 1.17. The topological polar surface area (TPSA) is 81.8 Å². The average molecular weight is 438 g/mol. The molecule has 0 saturated carbocycles. The molecule has 0 unspecified atom stereocenters. The fraction of sp³-hybridized carbons (Fsp3) is 0.182. The number of thiazole rings is 1. The normalized spacial score (nSPS) is 10.9. The predicted molar refractivity (Wildman–Crippen MR) is 116 cm³/mol. The van der Waals surface area contributed by atoms with Crippen LogP contribution < -0.4 is 11.0 Å². The largest absolute Gasteiger partial charge is 0.347 e. The summed E-state index contributed by atoms with van der Waals surface area (Å²) in [6, 6.07) is 9.91. The number of halogens is 1. The van der Waals surface area contributed by atoms with Crippen LogP contribution in [0.1, 0.15) is 26.5 Å². The monoisotopic (exact) mass is 437 g/mol. The lowest BCUT2D eigenvalue weighted by molar-refractivity contribution is 0.0954. The van der Waals surface area contributed by atoms with Crippen molar-refractivity contribution in [1.82, 2.24) is 24.4 Å². The summed E-state index contributed by atoms with van der Waals surface area (Å²) in [6.45, 7) is 2.56. The van der Waals surface area contributed by atoms with Crippen LogP contribution in [-0.2, 0) is 19.5 Å². The molecule has 1 aromatic carbocycles. The number of pyridine rings is 1. The van der Waals surface area contributed by atoms with E-state index in [-0.39, 0.29) is 17.4 Å². The third-order valence-corrected chi connectivity index (χ3v) is 5.93. The highest BCUT2D eigenvalue weighted by Gasteiger charge is 2.18. The minimum absolute atomic E-state index is 0.238. The SMILES string of the molecule is Cc1nc(-n2ccn(CCc3ccc(F)cc3)c2=O)sc1C(=O)NCc1cccnc1. The molecule has 0 spiro atoms. The Bertz CT molecular complexity index is 1250. The fourth-order valence-corrected chi connectivity index (χ4v) is 4.05. The maximum atomic E-state index is 13.0. The standard InChI is InChI=1S/C22H20FN5O2S/c1-15-19(20(29)25-14-17-3-2-9-24-13-17)31-21(26-15)28-12-11-27(22(28)30)10-8-16-4-6-18(23)7-5-16/h2-7,9,11-13H,8,10,14H2,1H3,(H,25,29). The molecule has 3 aromatic heterocycles. The molecule has 3 heterocycles. The van der Waals surface area contributed by atoms with Gasteiger partial charge in [0.25, 0.3) is 5.91 Å². The second-order valence-corrected chi connectivity index (χ2v) is 7.95. The molecule has 4 rings (SSSR count). The van der Waals surface area contributed by atoms with Crippen LogP contribution in [0.3, 0.4) is 0 Å². The number of benzene rings is 1. The van der Waals surface area contributed by atoms with E-state index in [1.165, 1.54) is 28.0 Å². The first-order valence-electron chi connectivity index (χ1n) is 9.68. The minimum atomic E-state index is -0.286. The third-order valence-electron chi connectivity index (χ3n) is 4.78. The van der Waals surface area contributed by atoms with Gasteiger partial charge in [-0.25, -0.2) is 18.7 Å². The lowest BCUT2D eigenvalue weighted by Gasteiger charge is -2.03. The maximum Gasteiger partial charge on any atom is 0.334 e. The summed E-state index contributed by atoms with van der Waals surface area (Å²) in [7, 11) is 0. The van der Waals surface area contributed by atoms with Crippen LogP contribution in [0.15, 0.2) is 66.0 Å². The van der Waals surface area contributed by atoms with Crippen LogP contribution in [0.2, 0.25) is 0 Å². The maximum absolute atomic E-state index is 13.0. The lowest BCUT2D eigenvalue weighted by Crippen LogP contribution is -2.23. The summed E-state index contributed by atoms with van der Waals surface area (Å²) in [6.07, 6.45) is 7.30. The highest BCUT2D eigenvalue weighted by atomic mass is 32.1. The molecular formula is C22H20FN5O2S. The summed E-state index contributed by atoms with van der Waals surface area (Å²) < 4.78 is 16.0. The summed E-state index contributed by atoms with van der Waals surface area (Å²) in [5.74, 6) is -0.527. The first-order valence-corrected chi connectivity index (χ1v) is 10.5. The van der Waals surface area contributed by atoms with E-state index in [0.29, 0.717) is 35.2 Å². The molecule has 0 atom stereocenters. The molecule has 7 nitrogen and oxygen atoms in total. The van der Waals surface area contributed by atoms with Gasteiger partial charge in [0.05, 0.1) is 5.69 Å². The molecule has 0 saturated heterocycles. The summed E-state index contributed by atoms with van der Waals surface area (Å²) in [5.41, 5.74) is 2.17. The van der Waals surface area contributed by atoms with Crippen LogP contribution in [0, 0.1) is 12.7 Å². The van der Waals surface area contributed by atoms with Crippen LogP contribution in [0.5, 0.6) is 0 Å². The molecular weight excluding hydrogens is 417 g/mol. The highest BCUT2D eigenvalue weighted by Crippen LogP contribution is 2.21. The van der Waals surface area contributed by atoms with Gasteiger partial charge in [-0.15, -0.1) is 0 Å². The summed E-state index contributed by atoms with van der Waals surface area (Å²) in [5, 5.41) is 3.29. The second-order valence-electron chi connectivity index (χ2n) is 6.98. The van der Waals surface area contributed by atoms with E-state index in [9.17, 15) is 14.0 Å². The third kappa shape index (κ3) is 4.77. The number of hydrogen-bond donors (Lipinski definition) is 1. The molecule has 0 aliphatic rings. The van der Waals surface area contributed by atoms with Crippen LogP contribution in [0.25, 0.3) is 5.13 Å². The van der Waals surface area contributed by atoms with Crippen molar-refractivity contribution in [2.45, 2.75) is 26.4 Å². The Morgan fingerprint density at radius 2 is 1.97 bits per heavy atom. The van der Waals surface area contributed by atoms with Gasteiger partial charge in [-0.05, 0) is 42.7 Å². The summed E-state index contributed by atoms with van der Waals surface area (Å²) in [4.78, 5) is 34.3. The number of aryl methyl sites for hydroxylation is 3. The molecule has 0 aliphatic carbocycles. The average Bonchev–Trinajstić information content (AvgIpc) is 3.34. The molecule has 0 bridgehead atoms. The van der Waals surface area contributed by atoms with Gasteiger partial charge in [0, 0.05) is 37.9 Å². The van der Waals surface area contributed by atoms with E-state index < -0.39 is 0 Å². The number of hydrogen-bond acceptors (Lipinski definition) is 5. The number of carbonyl (C=O) groups is 1. The molecule has 0 aliphatic heterocycles. The van der Waals surface area contributed by atoms with Crippen LogP contribution >= 0.6 is 11.3 Å². The number of rotatable bonds is 7. The van der Waals surface area contributed by atoms with Crippen molar-refractivity contribution in [1.29, 1.82) is 0 Å². The van der Waals surface area contributed by atoms with Crippen LogP contribution in [-0.4, -0.2) is 25.0 Å². The zero-order valence-corrected chi connectivity index (χ0v) is 17.6. The smallest absolute Gasteiger partial charge is 0.334 e. The van der Waals surface area contributed by atoms with Gasteiger partial charge in [0.15, 0.2) is 5.13 Å². The van der Waals surface area contributed by atoms with Crippen molar-refractivity contribution in [3.05, 3.63) is 99.2 Å². The van der Waals surface area contributed by atoms with Gasteiger partial charge < -0.3 is 5.32 Å². The first-order chi connectivity index (χ1) is 15.0. The molecule has 4 aromatic rings. The Labute approximate surface area is 181 Å². The zero-order valence-electron chi connectivity index (χ0n) is 16.8. The van der Waals surface area contributed by atoms with Crippen molar-refractivity contribution in [2.75, 3.05) is 0 Å². The second kappa shape index (κ2) is 9.05. The van der Waals surface area contributed by atoms with Gasteiger partial charge in [-0.3, -0.25) is 14.3 Å². The Morgan fingerprint density at radius 1 is 1.16 bits per heavy atom. The van der Waals surface area contributed by atoms with E-state index in [2.05, 4.69) is 15.3 Å². The molecule has 1 N–H and O–H groups in total. The number of carbonyl (C=O) groups excluding carboxylic acids is 1. The van der Waals surface area contributed by atoms with Gasteiger partial charge in [-0.1, -0.05) is 29.5 Å². The quantitative estimate of drug-likeness (QED) is 0.482. The molecule has 0 fully saturated rings. The number of aromatic nitrogens is 4. The molecule has 9 heteroatoms. The lowest BCUT2D eigenvalue weighted by atomic mass is 10.1. The number of amides is 1. The van der Waals surface area contributed by atoms with E-state index >= 15 is 0 Å². The van der Waals surface area contributed by atoms with E-state index in [4.69, 9.17) is 0 Å². The Balaban J connectivity index is 1.46. The number of nitrogens with one attached hydrogen (secondary N) is 1. The highest BCUT2D eigenvalue weighted by molar-refractivity contribution is 7.16. The molecule has 0 radical (unpaired) electrons. The van der Waals surface area contributed by atoms with Gasteiger partial charge in [0.2, 0.25) is 0 Å². The fourth-order valence-electron chi connectivity index (χ4n) is 3.09. The number of imidazole rings is 1. The van der Waals surface area contributed by atoms with Crippen molar-refractivity contribution in [3.63, 3.8) is 0 Å². The number of nitrogens with zero attached hydrogens (tertiary/aromatic N) is 4. The van der Waals surface area contributed by atoms with Crippen LogP contribution in [0.4, 0.5) is 4.39 Å². The van der Waals surface area contributed by atoms with Crippen molar-refractivity contribution >= 4 is 17.2 Å². The Morgan fingerprint density at radius 3 is 2.71 bits per heavy atom. The predicted octanol–water partition coefficient (Wildman–Crippen LogP) is 3.11. The Hall–Kier alpha value is -3.59. The van der Waals surface area contributed by atoms with Gasteiger partial charge >= 0.3 is 5.69 Å². The van der Waals surface area contributed by atoms with Crippen molar-refractivity contribution in [2.24, 2.45) is 0 Å². The Kier molecular flexibility index (Phi) is 6.03. The molecule has 158 valence electrons. The van der Waals surface area contributed by atoms with Crippen molar-refractivity contribution < 1.29 is 9.18 Å². The van der Waals surface area contributed by atoms with E-state index in [0.717, 1.165) is 11.1 Å².